The molecule has 5 amide bonds. The second kappa shape index (κ2) is 11.6. The number of hydrogen-bond acceptors (Lipinski definition) is 7. The molecule has 2 heterocycles. The number of non-ortho nitro benzene ring substituents is 1. The SMILES string of the molecule is CCCCCCCN1C(=O)NC(=O)/C(=C/c2cc([N+](=O)[O-])ccc2N2CCN(C(C)=O)CC2)C1=O. The van der Waals surface area contributed by atoms with Gasteiger partial charge < -0.3 is 9.80 Å². The Bertz CT molecular complexity index is 1040. The number of nitrogens with one attached hydrogen (secondary N) is 1. The summed E-state index contributed by atoms with van der Waals surface area (Å²) in [6, 6.07) is 3.50. The lowest BCUT2D eigenvalue weighted by atomic mass is 10.0. The summed E-state index contributed by atoms with van der Waals surface area (Å²) in [5, 5.41) is 13.6. The third kappa shape index (κ3) is 6.23. The van der Waals surface area contributed by atoms with Gasteiger partial charge in [0.1, 0.15) is 5.57 Å². The van der Waals surface area contributed by atoms with E-state index in [0.29, 0.717) is 43.9 Å². The molecule has 2 fully saturated rings. The van der Waals surface area contributed by atoms with Gasteiger partial charge in [0.2, 0.25) is 5.91 Å². The van der Waals surface area contributed by atoms with Crippen LogP contribution >= 0.6 is 0 Å². The van der Waals surface area contributed by atoms with Crippen molar-refractivity contribution in [1.29, 1.82) is 0 Å². The zero-order valence-electron chi connectivity index (χ0n) is 20.1. The molecular formula is C24H31N5O6. The summed E-state index contributed by atoms with van der Waals surface area (Å²) in [6.45, 7) is 5.75. The van der Waals surface area contributed by atoms with Crippen LogP contribution in [0.25, 0.3) is 6.08 Å². The number of unbranched alkanes of at least 4 members (excludes halogenated alkanes) is 4. The van der Waals surface area contributed by atoms with Crippen molar-refractivity contribution < 1.29 is 24.1 Å². The Morgan fingerprint density at radius 3 is 2.40 bits per heavy atom. The van der Waals surface area contributed by atoms with Gasteiger partial charge in [-0.25, -0.2) is 4.79 Å². The second-order valence-corrected chi connectivity index (χ2v) is 8.68. The second-order valence-electron chi connectivity index (χ2n) is 8.68. The molecule has 1 N–H and O–H groups in total. The maximum absolute atomic E-state index is 13.1. The van der Waals surface area contributed by atoms with Crippen LogP contribution in [0, 0.1) is 10.1 Å². The van der Waals surface area contributed by atoms with Crippen molar-refractivity contribution >= 4 is 41.2 Å². The standard InChI is InChI=1S/C24H31N5O6/c1-3-4-5-6-7-10-28-23(32)20(22(31)25-24(28)33)16-18-15-19(29(34)35)8-9-21(18)27-13-11-26(12-14-27)17(2)30/h8-9,15-16H,3-7,10-14H2,1-2H3,(H,25,31,33)/b20-16-. The quantitative estimate of drug-likeness (QED) is 0.187. The van der Waals surface area contributed by atoms with E-state index in [1.54, 1.807) is 11.0 Å². The lowest BCUT2D eigenvalue weighted by molar-refractivity contribution is -0.384. The summed E-state index contributed by atoms with van der Waals surface area (Å²) in [5.74, 6) is -1.58. The number of urea groups is 1. The van der Waals surface area contributed by atoms with Gasteiger partial charge in [0.15, 0.2) is 0 Å². The first-order chi connectivity index (χ1) is 16.7. The molecule has 35 heavy (non-hydrogen) atoms. The fraction of sp³-hybridized carbons (Fsp3) is 0.500. The number of carbonyl (C=O) groups is 4. The average molecular weight is 486 g/mol. The van der Waals surface area contributed by atoms with Crippen LogP contribution < -0.4 is 10.2 Å². The number of barbiturate groups is 1. The van der Waals surface area contributed by atoms with Gasteiger partial charge in [-0.3, -0.25) is 34.7 Å². The third-order valence-corrected chi connectivity index (χ3v) is 6.26. The van der Waals surface area contributed by atoms with E-state index in [0.717, 1.165) is 30.6 Å². The number of nitro groups is 1. The molecule has 1 aromatic rings. The smallest absolute Gasteiger partial charge is 0.331 e. The molecular weight excluding hydrogens is 454 g/mol. The number of benzene rings is 1. The largest absolute Gasteiger partial charge is 0.367 e. The molecule has 0 unspecified atom stereocenters. The molecule has 2 saturated heterocycles. The first kappa shape index (κ1) is 25.9. The van der Waals surface area contributed by atoms with Crippen molar-refractivity contribution in [3.05, 3.63) is 39.4 Å². The summed E-state index contributed by atoms with van der Waals surface area (Å²) in [6.07, 6.45) is 5.94. The highest BCUT2D eigenvalue weighted by Crippen LogP contribution is 2.29. The van der Waals surface area contributed by atoms with E-state index in [1.807, 2.05) is 4.90 Å². The molecule has 0 atom stereocenters. The maximum atomic E-state index is 13.1. The number of rotatable bonds is 9. The van der Waals surface area contributed by atoms with Crippen LogP contribution in [-0.2, 0) is 14.4 Å². The zero-order valence-corrected chi connectivity index (χ0v) is 20.1. The Balaban J connectivity index is 1.88. The fourth-order valence-corrected chi connectivity index (χ4v) is 4.25. The predicted molar refractivity (Wildman–Crippen MR) is 130 cm³/mol. The molecule has 0 aromatic heterocycles. The monoisotopic (exact) mass is 485 g/mol. The van der Waals surface area contributed by atoms with Gasteiger partial charge in [-0.15, -0.1) is 0 Å². The van der Waals surface area contributed by atoms with E-state index < -0.39 is 22.8 Å². The van der Waals surface area contributed by atoms with E-state index in [1.165, 1.54) is 25.1 Å². The van der Waals surface area contributed by atoms with Crippen molar-refractivity contribution in [2.45, 2.75) is 46.0 Å². The minimum atomic E-state index is -0.832. The van der Waals surface area contributed by atoms with E-state index in [4.69, 9.17) is 0 Å². The number of imide groups is 2. The normalized spacial score (nSPS) is 17.7. The van der Waals surface area contributed by atoms with Gasteiger partial charge in [0, 0.05) is 63.0 Å². The molecule has 0 radical (unpaired) electrons. The van der Waals surface area contributed by atoms with Crippen LogP contribution in [-0.4, -0.2) is 71.2 Å². The first-order valence-corrected chi connectivity index (χ1v) is 11.9. The highest BCUT2D eigenvalue weighted by atomic mass is 16.6. The van der Waals surface area contributed by atoms with Crippen molar-refractivity contribution in [3.8, 4) is 0 Å². The summed E-state index contributed by atoms with van der Waals surface area (Å²) in [4.78, 5) is 65.1. The highest BCUT2D eigenvalue weighted by Gasteiger charge is 2.35. The minimum Gasteiger partial charge on any atom is -0.367 e. The van der Waals surface area contributed by atoms with E-state index in [9.17, 15) is 29.3 Å². The van der Waals surface area contributed by atoms with E-state index >= 15 is 0 Å². The number of hydrogen-bond donors (Lipinski definition) is 1. The molecule has 11 heteroatoms. The van der Waals surface area contributed by atoms with Crippen LogP contribution in [0.15, 0.2) is 23.8 Å². The first-order valence-electron chi connectivity index (χ1n) is 11.9. The molecule has 0 spiro atoms. The molecule has 3 rings (SSSR count). The molecule has 0 aliphatic carbocycles. The number of carbonyl (C=O) groups excluding carboxylic acids is 4. The van der Waals surface area contributed by atoms with Crippen LogP contribution in [0.4, 0.5) is 16.2 Å². The molecule has 1 aromatic carbocycles. The van der Waals surface area contributed by atoms with Crippen LogP contribution in [0.3, 0.4) is 0 Å². The summed E-state index contributed by atoms with van der Waals surface area (Å²) in [5.41, 5.74) is 0.499. The Morgan fingerprint density at radius 2 is 1.77 bits per heavy atom. The van der Waals surface area contributed by atoms with Crippen LogP contribution in [0.5, 0.6) is 0 Å². The number of nitro benzene ring substituents is 1. The zero-order chi connectivity index (χ0) is 25.5. The van der Waals surface area contributed by atoms with Crippen LogP contribution in [0.1, 0.15) is 51.5 Å². The third-order valence-electron chi connectivity index (χ3n) is 6.26. The van der Waals surface area contributed by atoms with Crippen molar-refractivity contribution in [2.75, 3.05) is 37.6 Å². The predicted octanol–water partition coefficient (Wildman–Crippen LogP) is 2.70. The van der Waals surface area contributed by atoms with E-state index in [-0.39, 0.29) is 23.7 Å². The lowest BCUT2D eigenvalue weighted by Crippen LogP contribution is -2.54. The average Bonchev–Trinajstić information content (AvgIpc) is 2.83. The van der Waals surface area contributed by atoms with Gasteiger partial charge >= 0.3 is 6.03 Å². The van der Waals surface area contributed by atoms with Crippen LogP contribution in [0.2, 0.25) is 0 Å². The molecule has 0 bridgehead atoms. The van der Waals surface area contributed by atoms with E-state index in [2.05, 4.69) is 12.2 Å². The fourth-order valence-electron chi connectivity index (χ4n) is 4.25. The van der Waals surface area contributed by atoms with Gasteiger partial charge in [-0.1, -0.05) is 32.6 Å². The van der Waals surface area contributed by atoms with Crippen molar-refractivity contribution in [1.82, 2.24) is 15.1 Å². The molecule has 2 aliphatic heterocycles. The summed E-state index contributed by atoms with van der Waals surface area (Å²) < 4.78 is 0. The molecule has 2 aliphatic rings. The maximum Gasteiger partial charge on any atom is 0.331 e. The Morgan fingerprint density at radius 1 is 1.09 bits per heavy atom. The Hall–Kier alpha value is -3.76. The molecule has 11 nitrogen and oxygen atoms in total. The van der Waals surface area contributed by atoms with Gasteiger partial charge in [-0.05, 0) is 18.6 Å². The van der Waals surface area contributed by atoms with Gasteiger partial charge in [0.25, 0.3) is 17.5 Å². The molecule has 188 valence electrons. The molecule has 0 saturated carbocycles. The number of piperazine rings is 1. The number of anilines is 1. The Kier molecular flexibility index (Phi) is 8.56. The summed E-state index contributed by atoms with van der Waals surface area (Å²) in [7, 11) is 0. The minimum absolute atomic E-state index is 0.0281. The van der Waals surface area contributed by atoms with Gasteiger partial charge in [-0.2, -0.15) is 0 Å². The Labute approximate surface area is 203 Å². The topological polar surface area (TPSA) is 133 Å². The summed E-state index contributed by atoms with van der Waals surface area (Å²) >= 11 is 0. The van der Waals surface area contributed by atoms with Gasteiger partial charge in [0.05, 0.1) is 4.92 Å². The highest BCUT2D eigenvalue weighted by molar-refractivity contribution is 6.31. The van der Waals surface area contributed by atoms with Crippen molar-refractivity contribution in [2.24, 2.45) is 0 Å². The number of nitrogens with zero attached hydrogens (tertiary/aromatic N) is 4. The number of amides is 5. The van der Waals surface area contributed by atoms with Crippen molar-refractivity contribution in [3.63, 3.8) is 0 Å². The lowest BCUT2D eigenvalue weighted by Gasteiger charge is -2.36.